The first-order valence-electron chi connectivity index (χ1n) is 19.7. The van der Waals surface area contributed by atoms with Gasteiger partial charge in [0, 0.05) is 13.0 Å². The van der Waals surface area contributed by atoms with E-state index in [-0.39, 0.29) is 19.6 Å². The lowest BCUT2D eigenvalue weighted by atomic mass is 10.0. The van der Waals surface area contributed by atoms with E-state index >= 15 is 0 Å². The van der Waals surface area contributed by atoms with Crippen molar-refractivity contribution in [1.82, 2.24) is 0 Å². The molecule has 0 heterocycles. The molecule has 10 heteroatoms. The van der Waals surface area contributed by atoms with E-state index in [9.17, 15) is 19.4 Å². The molecule has 0 spiro atoms. The number of carbonyl (C=O) groups is 1. The fourth-order valence-corrected chi connectivity index (χ4v) is 6.18. The Morgan fingerprint density at radius 3 is 1.62 bits per heavy atom. The first-order valence-corrected chi connectivity index (χ1v) is 21.2. The van der Waals surface area contributed by atoms with E-state index < -0.39 is 39.2 Å². The summed E-state index contributed by atoms with van der Waals surface area (Å²) in [7, 11) is -4.51. The van der Waals surface area contributed by atoms with Crippen LogP contribution in [-0.2, 0) is 27.9 Å². The molecule has 0 aromatic heterocycles. The number of ether oxygens (including phenoxy) is 2. The summed E-state index contributed by atoms with van der Waals surface area (Å²) in [6.45, 7) is 3.49. The summed E-state index contributed by atoms with van der Waals surface area (Å²) in [6, 6.07) is 0. The number of esters is 1. The Hall–Kier alpha value is -0.800. The summed E-state index contributed by atoms with van der Waals surface area (Å²) >= 11 is 0. The Labute approximate surface area is 294 Å². The van der Waals surface area contributed by atoms with E-state index in [0.29, 0.717) is 6.61 Å². The predicted octanol–water partition coefficient (Wildman–Crippen LogP) is 10.1. The average molecular weight is 707 g/mol. The van der Waals surface area contributed by atoms with Crippen LogP contribution in [0.15, 0.2) is 12.2 Å². The third kappa shape index (κ3) is 35.0. The van der Waals surface area contributed by atoms with Crippen LogP contribution in [0.25, 0.3) is 0 Å². The zero-order valence-electron chi connectivity index (χ0n) is 31.0. The zero-order valence-corrected chi connectivity index (χ0v) is 31.9. The molecule has 48 heavy (non-hydrogen) atoms. The smallest absolute Gasteiger partial charge is 0.457 e. The van der Waals surface area contributed by atoms with Crippen molar-refractivity contribution in [2.75, 3.05) is 33.0 Å². The van der Waals surface area contributed by atoms with Crippen molar-refractivity contribution in [1.29, 1.82) is 0 Å². The number of carbonyl (C=O) groups excluding carboxylic acids is 1. The molecule has 0 fully saturated rings. The van der Waals surface area contributed by atoms with Crippen LogP contribution >= 0.6 is 7.82 Å². The molecule has 3 N–H and O–H groups in total. The number of hydrogen-bond donors (Lipinski definition) is 3. The van der Waals surface area contributed by atoms with Crippen LogP contribution in [0.5, 0.6) is 0 Å². The van der Waals surface area contributed by atoms with E-state index in [1.165, 1.54) is 103 Å². The normalized spacial score (nSPS) is 14.4. The van der Waals surface area contributed by atoms with Gasteiger partial charge in [0.2, 0.25) is 0 Å². The first-order chi connectivity index (χ1) is 23.3. The average Bonchev–Trinajstić information content (AvgIpc) is 3.07. The number of phosphoric ester groups is 1. The second-order valence-electron chi connectivity index (χ2n) is 13.3. The molecule has 0 saturated carbocycles. The predicted molar refractivity (Wildman–Crippen MR) is 196 cm³/mol. The van der Waals surface area contributed by atoms with Crippen LogP contribution in [0.1, 0.15) is 181 Å². The summed E-state index contributed by atoms with van der Waals surface area (Å²) in [5.74, 6) is -0.391. The second kappa shape index (κ2) is 36.0. The van der Waals surface area contributed by atoms with Crippen molar-refractivity contribution in [3.63, 3.8) is 0 Å². The topological polar surface area (TPSA) is 132 Å². The van der Waals surface area contributed by atoms with Crippen molar-refractivity contribution < 1.29 is 43.0 Å². The highest BCUT2D eigenvalue weighted by molar-refractivity contribution is 7.47. The van der Waals surface area contributed by atoms with Crippen LogP contribution in [0, 0.1) is 0 Å². The molecular formula is C38H75O9P. The highest BCUT2D eigenvalue weighted by Gasteiger charge is 2.26. The molecule has 0 aliphatic rings. The molecule has 9 nitrogen and oxygen atoms in total. The number of rotatable bonds is 38. The number of allylic oxidation sites excluding steroid dienone is 2. The van der Waals surface area contributed by atoms with Gasteiger partial charge in [0.1, 0.15) is 12.2 Å². The number of aliphatic hydroxyl groups is 2. The maximum Gasteiger partial charge on any atom is 0.472 e. The lowest BCUT2D eigenvalue weighted by Gasteiger charge is -2.20. The molecule has 0 radical (unpaired) electrons. The van der Waals surface area contributed by atoms with Crippen molar-refractivity contribution in [3.8, 4) is 0 Å². The van der Waals surface area contributed by atoms with Gasteiger partial charge in [-0.1, -0.05) is 154 Å². The van der Waals surface area contributed by atoms with E-state index in [4.69, 9.17) is 23.6 Å². The van der Waals surface area contributed by atoms with Crippen LogP contribution in [-0.4, -0.2) is 66.3 Å². The first kappa shape index (κ1) is 47.2. The van der Waals surface area contributed by atoms with Crippen molar-refractivity contribution in [2.45, 2.75) is 193 Å². The fraction of sp³-hybridized carbons (Fsp3) is 0.921. The summed E-state index contributed by atoms with van der Waals surface area (Å²) in [5.41, 5.74) is 0. The van der Waals surface area contributed by atoms with Crippen LogP contribution in [0.4, 0.5) is 0 Å². The van der Waals surface area contributed by atoms with Gasteiger partial charge in [-0.15, -0.1) is 0 Å². The van der Waals surface area contributed by atoms with Crippen molar-refractivity contribution in [3.05, 3.63) is 12.2 Å². The van der Waals surface area contributed by atoms with E-state index in [2.05, 4.69) is 26.0 Å². The van der Waals surface area contributed by atoms with Crippen molar-refractivity contribution in [2.24, 2.45) is 0 Å². The van der Waals surface area contributed by atoms with Gasteiger partial charge in [-0.3, -0.25) is 13.8 Å². The molecular weight excluding hydrogens is 631 g/mol. The number of hydrogen-bond acceptors (Lipinski definition) is 8. The molecule has 0 aromatic rings. The summed E-state index contributed by atoms with van der Waals surface area (Å²) in [6.07, 6.45) is 33.1. The van der Waals surface area contributed by atoms with Gasteiger partial charge in [-0.25, -0.2) is 4.57 Å². The van der Waals surface area contributed by atoms with E-state index in [0.717, 1.165) is 57.8 Å². The van der Waals surface area contributed by atoms with Gasteiger partial charge < -0.3 is 24.6 Å². The lowest BCUT2D eigenvalue weighted by Crippen LogP contribution is -2.29. The molecule has 3 unspecified atom stereocenters. The van der Waals surface area contributed by atoms with Gasteiger partial charge in [-0.2, -0.15) is 0 Å². The third-order valence-electron chi connectivity index (χ3n) is 8.45. The maximum atomic E-state index is 12.5. The molecule has 0 aromatic carbocycles. The third-order valence-corrected chi connectivity index (χ3v) is 9.40. The van der Waals surface area contributed by atoms with Crippen molar-refractivity contribution >= 4 is 13.8 Å². The summed E-state index contributed by atoms with van der Waals surface area (Å²) in [5, 5.41) is 18.3. The Kier molecular flexibility index (Phi) is 35.4. The zero-order chi connectivity index (χ0) is 35.4. The second-order valence-corrected chi connectivity index (χ2v) is 14.8. The quantitative estimate of drug-likeness (QED) is 0.0248. The standard InChI is InChI=1S/C38H75O9P/c1-3-5-7-9-11-13-15-16-17-18-19-21-23-25-27-29-31-44-34-37(35-46-48(42,43)45-33-36(40)32-39)47-38(41)30-28-26-24-22-20-14-12-10-8-6-4-2/h10,12,36-37,39-40H,3-9,11,13-35H2,1-2H3,(H,42,43)/b12-10-. The lowest BCUT2D eigenvalue weighted by molar-refractivity contribution is -0.154. The molecule has 286 valence electrons. The molecule has 3 atom stereocenters. The van der Waals surface area contributed by atoms with E-state index in [1.54, 1.807) is 0 Å². The maximum absolute atomic E-state index is 12.5. The Morgan fingerprint density at radius 2 is 1.08 bits per heavy atom. The molecule has 0 amide bonds. The fourth-order valence-electron chi connectivity index (χ4n) is 5.40. The van der Waals surface area contributed by atoms with Gasteiger partial charge in [0.05, 0.1) is 26.4 Å². The van der Waals surface area contributed by atoms with Gasteiger partial charge in [-0.05, 0) is 32.1 Å². The molecule has 0 aliphatic heterocycles. The minimum absolute atomic E-state index is 0.0511. The number of aliphatic hydroxyl groups excluding tert-OH is 2. The largest absolute Gasteiger partial charge is 0.472 e. The summed E-state index contributed by atoms with van der Waals surface area (Å²) < 4.78 is 33.2. The van der Waals surface area contributed by atoms with E-state index in [1.807, 2.05) is 0 Å². The molecule has 0 saturated heterocycles. The monoisotopic (exact) mass is 707 g/mol. The molecule has 0 aliphatic carbocycles. The number of unbranched alkanes of at least 4 members (excludes halogenated alkanes) is 22. The molecule has 0 rings (SSSR count). The SMILES string of the molecule is CCCC/C=C\CCCCCCCC(=O)OC(COCCCCCCCCCCCCCCCCCC)COP(=O)(O)OCC(O)CO. The minimum Gasteiger partial charge on any atom is -0.457 e. The Bertz CT molecular complexity index is 764. The Morgan fingerprint density at radius 1 is 0.625 bits per heavy atom. The van der Waals surface area contributed by atoms with Crippen LogP contribution in [0.3, 0.4) is 0 Å². The van der Waals surface area contributed by atoms with Gasteiger partial charge in [0.15, 0.2) is 0 Å². The van der Waals surface area contributed by atoms with Gasteiger partial charge >= 0.3 is 13.8 Å². The van der Waals surface area contributed by atoms with Gasteiger partial charge in [0.25, 0.3) is 0 Å². The summed E-state index contributed by atoms with van der Waals surface area (Å²) in [4.78, 5) is 22.4. The van der Waals surface area contributed by atoms with Crippen LogP contribution < -0.4 is 0 Å². The highest BCUT2D eigenvalue weighted by Crippen LogP contribution is 2.43. The highest BCUT2D eigenvalue weighted by atomic mass is 31.2. The minimum atomic E-state index is -4.51. The van der Waals surface area contributed by atoms with Crippen LogP contribution in [0.2, 0.25) is 0 Å². The number of phosphoric acid groups is 1. The Balaban J connectivity index is 4.17. The molecule has 0 bridgehead atoms.